The number of aromatic nitrogens is 2. The first-order valence-electron chi connectivity index (χ1n) is 7.06. The molecular formula is C17H11N3O3. The zero-order chi connectivity index (χ0) is 16.1. The average molecular weight is 305 g/mol. The van der Waals surface area contributed by atoms with Gasteiger partial charge >= 0.3 is 0 Å². The molecule has 6 heteroatoms. The third-order valence-corrected chi connectivity index (χ3v) is 3.97. The molecular weight excluding hydrogens is 294 g/mol. The Bertz CT molecular complexity index is 1130. The van der Waals surface area contributed by atoms with Crippen LogP contribution in [0.3, 0.4) is 0 Å². The Morgan fingerprint density at radius 3 is 2.61 bits per heavy atom. The summed E-state index contributed by atoms with van der Waals surface area (Å²) in [6.45, 7) is 1.47. The Morgan fingerprint density at radius 2 is 1.87 bits per heavy atom. The van der Waals surface area contributed by atoms with Gasteiger partial charge in [0, 0.05) is 18.4 Å². The first kappa shape index (κ1) is 13.4. The maximum absolute atomic E-state index is 12.1. The van der Waals surface area contributed by atoms with Gasteiger partial charge in [-0.15, -0.1) is 0 Å². The fourth-order valence-electron chi connectivity index (χ4n) is 3.04. The molecule has 0 atom stereocenters. The predicted octanol–water partition coefficient (Wildman–Crippen LogP) is 3.91. The number of hydrogen-bond acceptors (Lipinski definition) is 4. The summed E-state index contributed by atoms with van der Waals surface area (Å²) in [6.07, 6.45) is 0. The number of nitro benzene ring substituents is 1. The van der Waals surface area contributed by atoms with Crippen LogP contribution in [0.2, 0.25) is 0 Å². The van der Waals surface area contributed by atoms with Gasteiger partial charge in [0.2, 0.25) is 5.91 Å². The van der Waals surface area contributed by atoms with E-state index in [0.29, 0.717) is 21.9 Å². The Morgan fingerprint density at radius 1 is 1.09 bits per heavy atom. The number of nitro groups is 1. The van der Waals surface area contributed by atoms with Crippen molar-refractivity contribution in [2.45, 2.75) is 6.92 Å². The second-order valence-corrected chi connectivity index (χ2v) is 5.33. The number of hydrogen-bond donors (Lipinski definition) is 0. The van der Waals surface area contributed by atoms with Crippen LogP contribution in [-0.4, -0.2) is 20.4 Å². The molecule has 0 saturated heterocycles. The number of nitrogens with zero attached hydrogens (tertiary/aromatic N) is 3. The minimum absolute atomic E-state index is 0.0164. The van der Waals surface area contributed by atoms with E-state index >= 15 is 0 Å². The summed E-state index contributed by atoms with van der Waals surface area (Å²) in [6, 6.07) is 13.9. The molecule has 0 aliphatic rings. The summed E-state index contributed by atoms with van der Waals surface area (Å²) in [5.74, 6) is -0.157. The fraction of sp³-hybridized carbons (Fsp3) is 0.0588. The molecule has 0 N–H and O–H groups in total. The number of pyridine rings is 1. The highest BCUT2D eigenvalue weighted by molar-refractivity contribution is 6.14. The molecule has 23 heavy (non-hydrogen) atoms. The second-order valence-electron chi connectivity index (χ2n) is 5.33. The maximum Gasteiger partial charge on any atom is 0.278 e. The summed E-state index contributed by atoms with van der Waals surface area (Å²) < 4.78 is 1.55. The van der Waals surface area contributed by atoms with E-state index in [9.17, 15) is 14.9 Å². The second kappa shape index (κ2) is 4.61. The van der Waals surface area contributed by atoms with Gasteiger partial charge in [0.15, 0.2) is 0 Å². The Hall–Kier alpha value is -3.28. The molecule has 4 aromatic rings. The highest BCUT2D eigenvalue weighted by Gasteiger charge is 2.18. The standard InChI is InChI=1S/C17H11N3O3/c1-10(21)19-14-7-3-2-5-11(14)17-16(19)9-12-13(18-17)6-4-8-15(12)20(22)23/h2-9H,1H3. The van der Waals surface area contributed by atoms with Crippen LogP contribution >= 0.6 is 0 Å². The molecule has 4 rings (SSSR count). The van der Waals surface area contributed by atoms with E-state index in [1.54, 1.807) is 22.8 Å². The van der Waals surface area contributed by atoms with E-state index < -0.39 is 4.92 Å². The van der Waals surface area contributed by atoms with Crippen molar-refractivity contribution < 1.29 is 9.72 Å². The van der Waals surface area contributed by atoms with E-state index in [2.05, 4.69) is 4.98 Å². The number of para-hydroxylation sites is 1. The summed E-state index contributed by atoms with van der Waals surface area (Å²) >= 11 is 0. The van der Waals surface area contributed by atoms with Gasteiger partial charge in [-0.3, -0.25) is 19.5 Å². The van der Waals surface area contributed by atoms with Gasteiger partial charge in [0.1, 0.15) is 0 Å². The minimum Gasteiger partial charge on any atom is -0.278 e. The predicted molar refractivity (Wildman–Crippen MR) is 87.7 cm³/mol. The van der Waals surface area contributed by atoms with E-state index in [4.69, 9.17) is 0 Å². The van der Waals surface area contributed by atoms with E-state index in [0.717, 1.165) is 10.9 Å². The highest BCUT2D eigenvalue weighted by Crippen LogP contribution is 2.33. The number of benzene rings is 2. The van der Waals surface area contributed by atoms with Crippen molar-refractivity contribution in [2.75, 3.05) is 0 Å². The molecule has 0 aliphatic carbocycles. The Kier molecular flexibility index (Phi) is 2.68. The summed E-state index contributed by atoms with van der Waals surface area (Å²) in [5, 5.41) is 12.5. The molecule has 6 nitrogen and oxygen atoms in total. The zero-order valence-corrected chi connectivity index (χ0v) is 12.2. The molecule has 112 valence electrons. The molecule has 0 aliphatic heterocycles. The number of carbonyl (C=O) groups excluding carboxylic acids is 1. The van der Waals surface area contributed by atoms with Crippen LogP contribution in [0.4, 0.5) is 5.69 Å². The van der Waals surface area contributed by atoms with Crippen LogP contribution < -0.4 is 0 Å². The number of non-ortho nitro benzene ring substituents is 1. The van der Waals surface area contributed by atoms with Gasteiger partial charge < -0.3 is 0 Å². The van der Waals surface area contributed by atoms with Gasteiger partial charge in [0.05, 0.1) is 32.4 Å². The molecule has 0 spiro atoms. The number of fused-ring (bicyclic) bond motifs is 4. The molecule has 0 radical (unpaired) electrons. The van der Waals surface area contributed by atoms with Gasteiger partial charge in [-0.2, -0.15) is 0 Å². The molecule has 0 unspecified atom stereocenters. The topological polar surface area (TPSA) is 78.0 Å². The van der Waals surface area contributed by atoms with Crippen molar-refractivity contribution in [3.63, 3.8) is 0 Å². The molecule has 0 bridgehead atoms. The van der Waals surface area contributed by atoms with E-state index in [1.807, 2.05) is 24.3 Å². The molecule has 2 aromatic carbocycles. The molecule has 0 fully saturated rings. The average Bonchev–Trinajstić information content (AvgIpc) is 2.85. The van der Waals surface area contributed by atoms with Crippen LogP contribution in [0.15, 0.2) is 48.5 Å². The van der Waals surface area contributed by atoms with E-state index in [-0.39, 0.29) is 11.6 Å². The summed E-state index contributed by atoms with van der Waals surface area (Å²) in [4.78, 5) is 27.5. The number of rotatable bonds is 1. The Balaban J connectivity index is 2.28. The van der Waals surface area contributed by atoms with Crippen molar-refractivity contribution in [2.24, 2.45) is 0 Å². The summed E-state index contributed by atoms with van der Waals surface area (Å²) in [5.41, 5.74) is 2.53. The Labute approximate surface area is 130 Å². The normalized spacial score (nSPS) is 11.3. The SMILES string of the molecule is CC(=O)n1c2ccccc2c2nc3cccc([N+](=O)[O-])c3cc21. The number of carbonyl (C=O) groups is 1. The monoisotopic (exact) mass is 305 g/mol. The van der Waals surface area contributed by atoms with Gasteiger partial charge in [-0.25, -0.2) is 4.98 Å². The van der Waals surface area contributed by atoms with Gasteiger partial charge in [0.25, 0.3) is 5.69 Å². The fourth-order valence-corrected chi connectivity index (χ4v) is 3.04. The smallest absolute Gasteiger partial charge is 0.278 e. The third kappa shape index (κ3) is 1.81. The lowest BCUT2D eigenvalue weighted by Gasteiger charge is -2.03. The molecule has 2 heterocycles. The lowest BCUT2D eigenvalue weighted by molar-refractivity contribution is -0.383. The molecule has 0 amide bonds. The minimum atomic E-state index is -0.434. The van der Waals surface area contributed by atoms with Crippen LogP contribution in [0.25, 0.3) is 32.8 Å². The van der Waals surface area contributed by atoms with Crippen LogP contribution in [-0.2, 0) is 0 Å². The quantitative estimate of drug-likeness (QED) is 0.394. The van der Waals surface area contributed by atoms with E-state index in [1.165, 1.54) is 13.0 Å². The first-order valence-corrected chi connectivity index (χ1v) is 7.06. The lowest BCUT2D eigenvalue weighted by atomic mass is 10.1. The largest absolute Gasteiger partial charge is 0.278 e. The van der Waals surface area contributed by atoms with Crippen molar-refractivity contribution in [3.8, 4) is 0 Å². The lowest BCUT2D eigenvalue weighted by Crippen LogP contribution is -2.04. The van der Waals surface area contributed by atoms with Crippen molar-refractivity contribution in [3.05, 3.63) is 58.6 Å². The van der Waals surface area contributed by atoms with Gasteiger partial charge in [-0.1, -0.05) is 24.3 Å². The van der Waals surface area contributed by atoms with Crippen molar-refractivity contribution >= 4 is 44.4 Å². The maximum atomic E-state index is 12.1. The molecule has 2 aromatic heterocycles. The molecule has 0 saturated carbocycles. The van der Waals surface area contributed by atoms with Crippen LogP contribution in [0.1, 0.15) is 11.7 Å². The first-order chi connectivity index (χ1) is 11.1. The van der Waals surface area contributed by atoms with Gasteiger partial charge in [-0.05, 0) is 18.2 Å². The van der Waals surface area contributed by atoms with Crippen LogP contribution in [0, 0.1) is 10.1 Å². The van der Waals surface area contributed by atoms with Crippen LogP contribution in [0.5, 0.6) is 0 Å². The summed E-state index contributed by atoms with van der Waals surface area (Å²) in [7, 11) is 0. The van der Waals surface area contributed by atoms with Crippen molar-refractivity contribution in [1.82, 2.24) is 9.55 Å². The third-order valence-electron chi connectivity index (χ3n) is 3.97. The highest BCUT2D eigenvalue weighted by atomic mass is 16.6. The zero-order valence-electron chi connectivity index (χ0n) is 12.2. The van der Waals surface area contributed by atoms with Crippen molar-refractivity contribution in [1.29, 1.82) is 0 Å².